The average Bonchev–Trinajstić information content (AvgIpc) is 2.57. The van der Waals surface area contributed by atoms with Crippen molar-refractivity contribution in [3.63, 3.8) is 0 Å². The Kier molecular flexibility index (Phi) is 7.08. The van der Waals surface area contributed by atoms with E-state index in [4.69, 9.17) is 4.74 Å². The lowest BCUT2D eigenvalue weighted by Gasteiger charge is -2.22. The second kappa shape index (κ2) is 9.31. The van der Waals surface area contributed by atoms with Crippen LogP contribution in [0.15, 0.2) is 36.4 Å². The summed E-state index contributed by atoms with van der Waals surface area (Å²) in [6, 6.07) is 5.59. The van der Waals surface area contributed by atoms with Crippen molar-refractivity contribution in [2.75, 3.05) is 17.2 Å². The lowest BCUT2D eigenvalue weighted by Crippen LogP contribution is -2.43. The topological polar surface area (TPSA) is 79.5 Å². The summed E-state index contributed by atoms with van der Waals surface area (Å²) < 4.78 is 45.5. The van der Waals surface area contributed by atoms with Crippen molar-refractivity contribution < 1.29 is 27.5 Å². The number of alkyl carbamates (subject to hydrolysis) is 1. The minimum Gasteiger partial charge on any atom is -0.444 e. The lowest BCUT2D eigenvalue weighted by molar-refractivity contribution is -0.109. The number of anilines is 3. The predicted molar refractivity (Wildman–Crippen MR) is 104 cm³/mol. The van der Waals surface area contributed by atoms with Crippen LogP contribution in [-0.4, -0.2) is 30.6 Å². The van der Waals surface area contributed by atoms with Crippen molar-refractivity contribution >= 4 is 29.4 Å². The Hall–Kier alpha value is -3.23. The van der Waals surface area contributed by atoms with E-state index in [1.807, 2.05) is 0 Å². The van der Waals surface area contributed by atoms with Crippen LogP contribution in [0, 0.1) is 17.5 Å². The predicted octanol–water partition coefficient (Wildman–Crippen LogP) is 4.35. The van der Waals surface area contributed by atoms with E-state index in [9.17, 15) is 22.8 Å². The Bertz CT molecular complexity index is 865. The highest BCUT2D eigenvalue weighted by atomic mass is 19.1. The number of carbonyl (C=O) groups excluding carboxylic acids is 2. The average molecular weight is 409 g/mol. The molecule has 0 aliphatic heterocycles. The molecule has 0 heterocycles. The third-order valence-electron chi connectivity index (χ3n) is 3.50. The largest absolute Gasteiger partial charge is 0.444 e. The number of benzene rings is 2. The highest BCUT2D eigenvalue weighted by Gasteiger charge is 2.19. The van der Waals surface area contributed by atoms with Crippen molar-refractivity contribution in [3.8, 4) is 0 Å². The summed E-state index contributed by atoms with van der Waals surface area (Å²) in [7, 11) is 0. The van der Waals surface area contributed by atoms with Gasteiger partial charge in [0.1, 0.15) is 35.4 Å². The molecule has 0 aliphatic rings. The molecule has 6 nitrogen and oxygen atoms in total. The monoisotopic (exact) mass is 409 g/mol. The summed E-state index contributed by atoms with van der Waals surface area (Å²) in [5.74, 6) is -2.16. The number of ether oxygens (including phenoxy) is 1. The number of carbonyl (C=O) groups is 2. The van der Waals surface area contributed by atoms with E-state index in [0.717, 1.165) is 18.2 Å². The maximum Gasteiger partial charge on any atom is 0.408 e. The molecule has 0 spiro atoms. The Balaban J connectivity index is 2.10. The van der Waals surface area contributed by atoms with E-state index in [1.54, 1.807) is 20.8 Å². The van der Waals surface area contributed by atoms with Gasteiger partial charge >= 0.3 is 6.09 Å². The van der Waals surface area contributed by atoms with Crippen LogP contribution in [0.3, 0.4) is 0 Å². The molecule has 3 N–H and O–H groups in total. The van der Waals surface area contributed by atoms with Crippen LogP contribution in [0.1, 0.15) is 20.8 Å². The molecule has 0 saturated heterocycles. The molecule has 1 atom stereocenters. The van der Waals surface area contributed by atoms with Gasteiger partial charge < -0.3 is 25.5 Å². The summed E-state index contributed by atoms with van der Waals surface area (Å²) in [5.41, 5.74) is -0.0973. The maximum atomic E-state index is 13.7. The Labute approximate surface area is 166 Å². The summed E-state index contributed by atoms with van der Waals surface area (Å²) in [4.78, 5) is 23.1. The van der Waals surface area contributed by atoms with Crippen molar-refractivity contribution in [3.05, 3.63) is 53.8 Å². The molecular formula is C20H22F3N3O3. The lowest BCUT2D eigenvalue weighted by atomic mass is 10.2. The second-order valence-electron chi connectivity index (χ2n) is 7.24. The molecule has 9 heteroatoms. The number of nitrogens with one attached hydrogen (secondary N) is 3. The zero-order valence-corrected chi connectivity index (χ0v) is 16.2. The van der Waals surface area contributed by atoms with E-state index >= 15 is 0 Å². The van der Waals surface area contributed by atoms with Crippen LogP contribution in [-0.2, 0) is 9.53 Å². The molecule has 156 valence electrons. The minimum atomic E-state index is -0.922. The molecule has 1 unspecified atom stereocenters. The molecule has 0 aromatic heterocycles. The molecule has 0 aliphatic carbocycles. The summed E-state index contributed by atoms with van der Waals surface area (Å²) >= 11 is 0. The third kappa shape index (κ3) is 7.36. The van der Waals surface area contributed by atoms with Crippen LogP contribution < -0.4 is 16.0 Å². The van der Waals surface area contributed by atoms with Gasteiger partial charge in [-0.1, -0.05) is 0 Å². The fourth-order valence-corrected chi connectivity index (χ4v) is 2.37. The molecule has 2 rings (SSSR count). The van der Waals surface area contributed by atoms with Gasteiger partial charge in [-0.15, -0.1) is 0 Å². The van der Waals surface area contributed by atoms with Crippen LogP contribution >= 0.6 is 0 Å². The number of hydrogen-bond acceptors (Lipinski definition) is 5. The first-order chi connectivity index (χ1) is 13.6. The molecule has 0 radical (unpaired) electrons. The van der Waals surface area contributed by atoms with Crippen LogP contribution in [0.2, 0.25) is 0 Å². The highest BCUT2D eigenvalue weighted by Crippen LogP contribution is 2.27. The number of halogens is 3. The van der Waals surface area contributed by atoms with Gasteiger partial charge in [-0.25, -0.2) is 18.0 Å². The molecule has 0 fully saturated rings. The van der Waals surface area contributed by atoms with Crippen molar-refractivity contribution in [2.45, 2.75) is 32.4 Å². The Morgan fingerprint density at radius 3 is 2.28 bits per heavy atom. The number of amides is 1. The van der Waals surface area contributed by atoms with Gasteiger partial charge in [0.25, 0.3) is 0 Å². The molecule has 29 heavy (non-hydrogen) atoms. The van der Waals surface area contributed by atoms with Crippen LogP contribution in [0.25, 0.3) is 0 Å². The Morgan fingerprint density at radius 2 is 1.69 bits per heavy atom. The van der Waals surface area contributed by atoms with Crippen molar-refractivity contribution in [1.82, 2.24) is 5.32 Å². The van der Waals surface area contributed by atoms with Crippen LogP contribution in [0.5, 0.6) is 0 Å². The van der Waals surface area contributed by atoms with Gasteiger partial charge in [-0.2, -0.15) is 0 Å². The smallest absolute Gasteiger partial charge is 0.408 e. The number of rotatable bonds is 7. The molecule has 1 amide bonds. The minimum absolute atomic E-state index is 0.0272. The Morgan fingerprint density at radius 1 is 1.03 bits per heavy atom. The fraction of sp³-hybridized carbons (Fsp3) is 0.300. The first-order valence-electron chi connectivity index (χ1n) is 8.77. The summed E-state index contributed by atoms with van der Waals surface area (Å²) in [6.45, 7) is 5.03. The van der Waals surface area contributed by atoms with E-state index in [-0.39, 0.29) is 17.9 Å². The quantitative estimate of drug-likeness (QED) is 0.593. The zero-order chi connectivity index (χ0) is 21.6. The van der Waals surface area contributed by atoms with Gasteiger partial charge in [0.15, 0.2) is 0 Å². The molecule has 2 aromatic rings. The number of hydrogen-bond donors (Lipinski definition) is 3. The normalized spacial score (nSPS) is 12.1. The SMILES string of the molecule is CC(C)(C)OC(=O)NC(C=O)CNc1ccc(F)cc1Nc1cc(F)cc(F)c1. The third-order valence-corrected chi connectivity index (χ3v) is 3.50. The van der Waals surface area contributed by atoms with Crippen LogP contribution in [0.4, 0.5) is 35.0 Å². The molecular weight excluding hydrogens is 387 g/mol. The fourth-order valence-electron chi connectivity index (χ4n) is 2.37. The summed E-state index contributed by atoms with van der Waals surface area (Å²) in [5, 5.41) is 8.02. The van der Waals surface area contributed by atoms with E-state index in [2.05, 4.69) is 16.0 Å². The second-order valence-corrected chi connectivity index (χ2v) is 7.24. The van der Waals surface area contributed by atoms with E-state index in [1.165, 1.54) is 12.1 Å². The van der Waals surface area contributed by atoms with E-state index in [0.29, 0.717) is 18.0 Å². The van der Waals surface area contributed by atoms with Gasteiger partial charge in [-0.05, 0) is 51.1 Å². The van der Waals surface area contributed by atoms with Gasteiger partial charge in [0.2, 0.25) is 0 Å². The zero-order valence-electron chi connectivity index (χ0n) is 16.2. The van der Waals surface area contributed by atoms with Gasteiger partial charge in [0, 0.05) is 18.3 Å². The molecule has 2 aromatic carbocycles. The molecule has 0 saturated carbocycles. The van der Waals surface area contributed by atoms with Gasteiger partial charge in [-0.3, -0.25) is 0 Å². The van der Waals surface area contributed by atoms with Gasteiger partial charge in [0.05, 0.1) is 11.4 Å². The van der Waals surface area contributed by atoms with Crippen molar-refractivity contribution in [1.29, 1.82) is 0 Å². The maximum absolute atomic E-state index is 13.7. The first kappa shape index (κ1) is 22.1. The van der Waals surface area contributed by atoms with Crippen molar-refractivity contribution in [2.24, 2.45) is 0 Å². The molecule has 0 bridgehead atoms. The summed E-state index contributed by atoms with van der Waals surface area (Å²) in [6.07, 6.45) is -0.237. The highest BCUT2D eigenvalue weighted by molar-refractivity contribution is 5.76. The number of aldehydes is 1. The first-order valence-corrected chi connectivity index (χ1v) is 8.77. The standard InChI is InChI=1S/C20H22F3N3O3/c1-20(2,3)29-19(28)26-16(11-27)10-24-17-5-4-12(21)9-18(17)25-15-7-13(22)6-14(23)8-15/h4-9,11,16,24-25H,10H2,1-3H3,(H,26,28). The van der Waals surface area contributed by atoms with E-state index < -0.39 is 35.2 Å².